The third-order valence-corrected chi connectivity index (χ3v) is 2.25. The highest BCUT2D eigenvalue weighted by Gasteiger charge is 2.00. The molecule has 0 saturated carbocycles. The van der Waals surface area contributed by atoms with Crippen LogP contribution in [0.1, 0.15) is 5.69 Å². The van der Waals surface area contributed by atoms with E-state index >= 15 is 0 Å². The molecule has 0 atom stereocenters. The first kappa shape index (κ1) is 8.74. The second kappa shape index (κ2) is 3.88. The Morgan fingerprint density at radius 1 is 1.73 bits per heavy atom. The van der Waals surface area contributed by atoms with Gasteiger partial charge in [0.05, 0.1) is 5.69 Å². The number of halogens is 1. The molecular formula is C7H12BrN3. The maximum atomic E-state index is 4.28. The van der Waals surface area contributed by atoms with Gasteiger partial charge in [-0.05, 0) is 29.0 Å². The van der Waals surface area contributed by atoms with Gasteiger partial charge in [-0.3, -0.25) is 4.68 Å². The Bertz CT molecular complexity index is 212. The summed E-state index contributed by atoms with van der Waals surface area (Å²) >= 11 is 3.39. The Labute approximate surface area is 74.9 Å². The van der Waals surface area contributed by atoms with Gasteiger partial charge in [-0.25, -0.2) is 0 Å². The topological polar surface area (TPSA) is 29.9 Å². The van der Waals surface area contributed by atoms with Crippen LogP contribution in [0.15, 0.2) is 10.7 Å². The zero-order valence-corrected chi connectivity index (χ0v) is 8.35. The van der Waals surface area contributed by atoms with Gasteiger partial charge in [0.15, 0.2) is 0 Å². The molecule has 0 saturated heterocycles. The normalized spacial score (nSPS) is 10.5. The van der Waals surface area contributed by atoms with E-state index in [1.54, 1.807) is 0 Å². The smallest absolute Gasteiger partial charge is 0.104 e. The van der Waals surface area contributed by atoms with E-state index in [2.05, 4.69) is 26.3 Å². The van der Waals surface area contributed by atoms with Crippen molar-refractivity contribution in [3.05, 3.63) is 16.4 Å². The van der Waals surface area contributed by atoms with Gasteiger partial charge < -0.3 is 5.32 Å². The van der Waals surface area contributed by atoms with Crippen molar-refractivity contribution in [1.29, 1.82) is 0 Å². The van der Waals surface area contributed by atoms with Gasteiger partial charge in [-0.15, -0.1) is 0 Å². The van der Waals surface area contributed by atoms with Crippen molar-refractivity contribution in [3.8, 4) is 0 Å². The molecule has 0 amide bonds. The molecule has 0 aliphatic rings. The van der Waals surface area contributed by atoms with E-state index < -0.39 is 0 Å². The average molecular weight is 218 g/mol. The SMILES string of the molecule is CNCCc1cc(Br)n(C)n1. The molecule has 1 N–H and O–H groups in total. The van der Waals surface area contributed by atoms with E-state index in [9.17, 15) is 0 Å². The molecule has 4 heteroatoms. The van der Waals surface area contributed by atoms with Crippen molar-refractivity contribution in [2.24, 2.45) is 7.05 Å². The van der Waals surface area contributed by atoms with Crippen LogP contribution in [0.5, 0.6) is 0 Å². The van der Waals surface area contributed by atoms with Crippen molar-refractivity contribution in [1.82, 2.24) is 15.1 Å². The monoisotopic (exact) mass is 217 g/mol. The van der Waals surface area contributed by atoms with Crippen LogP contribution in [0.25, 0.3) is 0 Å². The zero-order chi connectivity index (χ0) is 8.27. The molecule has 0 fully saturated rings. The van der Waals surface area contributed by atoms with Crippen LogP contribution in [-0.4, -0.2) is 23.4 Å². The number of hydrogen-bond donors (Lipinski definition) is 1. The lowest BCUT2D eigenvalue weighted by Gasteiger charge is -1.93. The summed E-state index contributed by atoms with van der Waals surface area (Å²) in [5.74, 6) is 0. The fourth-order valence-corrected chi connectivity index (χ4v) is 1.22. The Morgan fingerprint density at radius 2 is 2.45 bits per heavy atom. The van der Waals surface area contributed by atoms with Crippen LogP contribution in [0, 0.1) is 0 Å². The first-order valence-electron chi connectivity index (χ1n) is 3.57. The molecule has 1 heterocycles. The highest BCUT2D eigenvalue weighted by molar-refractivity contribution is 9.10. The predicted octanol–water partition coefficient (Wildman–Crippen LogP) is 0.944. The van der Waals surface area contributed by atoms with Crippen LogP contribution < -0.4 is 5.32 Å². The number of nitrogens with zero attached hydrogens (tertiary/aromatic N) is 2. The van der Waals surface area contributed by atoms with Gasteiger partial charge in [-0.1, -0.05) is 0 Å². The average Bonchev–Trinajstić information content (AvgIpc) is 2.28. The largest absolute Gasteiger partial charge is 0.319 e. The molecular weight excluding hydrogens is 206 g/mol. The van der Waals surface area contributed by atoms with Gasteiger partial charge in [0, 0.05) is 20.0 Å². The molecule has 0 aliphatic heterocycles. The molecule has 0 bridgehead atoms. The number of aromatic nitrogens is 2. The molecule has 1 rings (SSSR count). The number of likely N-dealkylation sites (N-methyl/N-ethyl adjacent to an activating group) is 1. The Balaban J connectivity index is 2.58. The van der Waals surface area contributed by atoms with E-state index in [1.807, 2.05) is 24.8 Å². The second-order valence-corrected chi connectivity index (χ2v) is 3.25. The number of aryl methyl sites for hydroxylation is 1. The van der Waals surface area contributed by atoms with Crippen molar-refractivity contribution >= 4 is 15.9 Å². The Kier molecular flexibility index (Phi) is 3.08. The van der Waals surface area contributed by atoms with E-state index in [0.29, 0.717) is 0 Å². The van der Waals surface area contributed by atoms with Gasteiger partial charge in [-0.2, -0.15) is 5.10 Å². The number of rotatable bonds is 3. The maximum absolute atomic E-state index is 4.28. The summed E-state index contributed by atoms with van der Waals surface area (Å²) in [6.45, 7) is 0.976. The van der Waals surface area contributed by atoms with Crippen molar-refractivity contribution in [3.63, 3.8) is 0 Å². The summed E-state index contributed by atoms with van der Waals surface area (Å²) in [6.07, 6.45) is 0.982. The molecule has 62 valence electrons. The Hall–Kier alpha value is -0.350. The van der Waals surface area contributed by atoms with E-state index in [4.69, 9.17) is 0 Å². The van der Waals surface area contributed by atoms with E-state index in [-0.39, 0.29) is 0 Å². The minimum Gasteiger partial charge on any atom is -0.319 e. The first-order valence-corrected chi connectivity index (χ1v) is 4.36. The minimum atomic E-state index is 0.976. The molecule has 0 unspecified atom stereocenters. The van der Waals surface area contributed by atoms with Crippen LogP contribution >= 0.6 is 15.9 Å². The molecule has 3 nitrogen and oxygen atoms in total. The number of nitrogens with one attached hydrogen (secondary N) is 1. The lowest BCUT2D eigenvalue weighted by atomic mass is 10.3. The van der Waals surface area contributed by atoms with Crippen LogP contribution in [0.4, 0.5) is 0 Å². The Morgan fingerprint density at radius 3 is 2.91 bits per heavy atom. The second-order valence-electron chi connectivity index (χ2n) is 2.44. The zero-order valence-electron chi connectivity index (χ0n) is 6.76. The van der Waals surface area contributed by atoms with Gasteiger partial charge in [0.25, 0.3) is 0 Å². The van der Waals surface area contributed by atoms with E-state index in [0.717, 1.165) is 23.3 Å². The summed E-state index contributed by atoms with van der Waals surface area (Å²) in [7, 11) is 3.87. The molecule has 1 aromatic rings. The van der Waals surface area contributed by atoms with Gasteiger partial charge in [0.2, 0.25) is 0 Å². The summed E-state index contributed by atoms with van der Waals surface area (Å²) in [6, 6.07) is 2.04. The summed E-state index contributed by atoms with van der Waals surface area (Å²) in [5.41, 5.74) is 1.12. The lowest BCUT2D eigenvalue weighted by molar-refractivity contribution is 0.708. The van der Waals surface area contributed by atoms with Gasteiger partial charge in [0.1, 0.15) is 4.60 Å². The molecule has 1 aromatic heterocycles. The van der Waals surface area contributed by atoms with Crippen molar-refractivity contribution in [2.45, 2.75) is 6.42 Å². The van der Waals surface area contributed by atoms with Crippen LogP contribution in [-0.2, 0) is 13.5 Å². The van der Waals surface area contributed by atoms with Crippen molar-refractivity contribution in [2.75, 3.05) is 13.6 Å². The van der Waals surface area contributed by atoms with Crippen LogP contribution in [0.3, 0.4) is 0 Å². The number of hydrogen-bond acceptors (Lipinski definition) is 2. The third kappa shape index (κ3) is 2.31. The minimum absolute atomic E-state index is 0.976. The summed E-state index contributed by atoms with van der Waals surface area (Å²) in [4.78, 5) is 0. The predicted molar refractivity (Wildman–Crippen MR) is 48.5 cm³/mol. The molecule has 0 aromatic carbocycles. The first-order chi connectivity index (χ1) is 5.24. The third-order valence-electron chi connectivity index (χ3n) is 1.50. The van der Waals surface area contributed by atoms with Gasteiger partial charge >= 0.3 is 0 Å². The highest BCUT2D eigenvalue weighted by atomic mass is 79.9. The summed E-state index contributed by atoms with van der Waals surface area (Å²) < 4.78 is 2.86. The van der Waals surface area contributed by atoms with Crippen LogP contribution in [0.2, 0.25) is 0 Å². The standard InChI is InChI=1S/C7H12BrN3/c1-9-4-3-6-5-7(8)11(2)10-6/h5,9H,3-4H2,1-2H3. The quantitative estimate of drug-likeness (QED) is 0.818. The summed E-state index contributed by atoms with van der Waals surface area (Å²) in [5, 5.41) is 7.36. The molecule has 11 heavy (non-hydrogen) atoms. The molecule has 0 spiro atoms. The molecule has 0 aliphatic carbocycles. The van der Waals surface area contributed by atoms with Crippen molar-refractivity contribution < 1.29 is 0 Å². The molecule has 0 radical (unpaired) electrons. The fraction of sp³-hybridized carbons (Fsp3) is 0.571. The highest BCUT2D eigenvalue weighted by Crippen LogP contribution is 2.09. The maximum Gasteiger partial charge on any atom is 0.104 e. The lowest BCUT2D eigenvalue weighted by Crippen LogP contribution is -2.10. The fourth-order valence-electron chi connectivity index (χ4n) is 0.875. The van der Waals surface area contributed by atoms with E-state index in [1.165, 1.54) is 0 Å².